The van der Waals surface area contributed by atoms with Gasteiger partial charge in [0, 0.05) is 11.6 Å². The minimum atomic E-state index is -4.57. The highest BCUT2D eigenvalue weighted by Gasteiger charge is 2.35. The number of H-pyrrole nitrogens is 1. The molecule has 0 aliphatic heterocycles. The SMILES string of the molecule is CC[C@H](CO)Nc1ccc(C(F)(F)F)c(-c2[nH]nc3ncccc23)n1. The molecule has 0 unspecified atom stereocenters. The molecular formula is C16H16F3N5O. The van der Waals surface area contributed by atoms with Crippen molar-refractivity contribution in [3.8, 4) is 11.4 Å². The van der Waals surface area contributed by atoms with Crippen LogP contribution in [0.25, 0.3) is 22.4 Å². The number of rotatable bonds is 5. The molecule has 0 aliphatic rings. The number of anilines is 1. The van der Waals surface area contributed by atoms with Crippen molar-refractivity contribution < 1.29 is 18.3 Å². The van der Waals surface area contributed by atoms with E-state index in [0.29, 0.717) is 17.5 Å². The fraction of sp³-hybridized carbons (Fsp3) is 0.312. The lowest BCUT2D eigenvalue weighted by molar-refractivity contribution is -0.137. The molecule has 3 aromatic heterocycles. The number of pyridine rings is 2. The van der Waals surface area contributed by atoms with Gasteiger partial charge in [0.15, 0.2) is 5.65 Å². The van der Waals surface area contributed by atoms with Gasteiger partial charge in [0.25, 0.3) is 0 Å². The third kappa shape index (κ3) is 3.41. The molecule has 3 aromatic rings. The fourth-order valence-corrected chi connectivity index (χ4v) is 2.48. The average molecular weight is 351 g/mol. The Balaban J connectivity index is 2.14. The average Bonchev–Trinajstić information content (AvgIpc) is 3.02. The molecule has 0 amide bonds. The van der Waals surface area contributed by atoms with Crippen LogP contribution in [0.2, 0.25) is 0 Å². The Morgan fingerprint density at radius 1 is 1.28 bits per heavy atom. The molecule has 0 saturated heterocycles. The third-order valence-corrected chi connectivity index (χ3v) is 3.83. The zero-order chi connectivity index (χ0) is 18.0. The van der Waals surface area contributed by atoms with Gasteiger partial charge in [0.05, 0.1) is 23.9 Å². The van der Waals surface area contributed by atoms with Gasteiger partial charge in [-0.2, -0.15) is 18.3 Å². The predicted octanol–water partition coefficient (Wildman–Crippen LogP) is 3.22. The van der Waals surface area contributed by atoms with Gasteiger partial charge in [-0.25, -0.2) is 9.97 Å². The van der Waals surface area contributed by atoms with E-state index < -0.39 is 11.7 Å². The van der Waals surface area contributed by atoms with Gasteiger partial charge in [-0.15, -0.1) is 0 Å². The summed E-state index contributed by atoms with van der Waals surface area (Å²) in [6.45, 7) is 1.71. The van der Waals surface area contributed by atoms with Crippen molar-refractivity contribution >= 4 is 16.9 Å². The minimum absolute atomic E-state index is 0.147. The zero-order valence-corrected chi connectivity index (χ0v) is 13.3. The molecule has 0 bridgehead atoms. The second-order valence-electron chi connectivity index (χ2n) is 5.50. The van der Waals surface area contributed by atoms with Gasteiger partial charge in [0.1, 0.15) is 11.5 Å². The second-order valence-corrected chi connectivity index (χ2v) is 5.50. The summed E-state index contributed by atoms with van der Waals surface area (Å²) in [4.78, 5) is 8.14. The van der Waals surface area contributed by atoms with Gasteiger partial charge in [0.2, 0.25) is 0 Å². The third-order valence-electron chi connectivity index (χ3n) is 3.83. The first-order chi connectivity index (χ1) is 11.9. The van der Waals surface area contributed by atoms with Crippen molar-refractivity contribution in [2.45, 2.75) is 25.6 Å². The number of aromatic nitrogens is 4. The van der Waals surface area contributed by atoms with Crippen LogP contribution in [0.3, 0.4) is 0 Å². The van der Waals surface area contributed by atoms with Crippen molar-refractivity contribution in [2.24, 2.45) is 0 Å². The lowest BCUT2D eigenvalue weighted by atomic mass is 10.1. The number of aliphatic hydroxyl groups excluding tert-OH is 1. The molecule has 3 N–H and O–H groups in total. The normalized spacial score (nSPS) is 13.2. The summed E-state index contributed by atoms with van der Waals surface area (Å²) in [5.74, 6) is 0.246. The number of hydrogen-bond acceptors (Lipinski definition) is 5. The Kier molecular flexibility index (Phi) is 4.58. The summed E-state index contributed by atoms with van der Waals surface area (Å²) in [5.41, 5.74) is -0.672. The van der Waals surface area contributed by atoms with Gasteiger partial charge < -0.3 is 10.4 Å². The van der Waals surface area contributed by atoms with Crippen LogP contribution < -0.4 is 5.32 Å². The molecule has 0 radical (unpaired) electrons. The van der Waals surface area contributed by atoms with Crippen LogP contribution in [0.5, 0.6) is 0 Å². The van der Waals surface area contributed by atoms with E-state index in [-0.39, 0.29) is 29.9 Å². The molecule has 0 aromatic carbocycles. The van der Waals surface area contributed by atoms with E-state index in [9.17, 15) is 18.3 Å². The van der Waals surface area contributed by atoms with Crippen LogP contribution in [0.4, 0.5) is 19.0 Å². The highest BCUT2D eigenvalue weighted by Crippen LogP contribution is 2.38. The molecule has 3 rings (SSSR count). The number of alkyl halides is 3. The van der Waals surface area contributed by atoms with Crippen molar-refractivity contribution in [3.05, 3.63) is 36.0 Å². The van der Waals surface area contributed by atoms with Crippen LogP contribution in [-0.2, 0) is 6.18 Å². The Morgan fingerprint density at radius 2 is 2.08 bits per heavy atom. The molecule has 25 heavy (non-hydrogen) atoms. The topological polar surface area (TPSA) is 86.7 Å². The highest BCUT2D eigenvalue weighted by atomic mass is 19.4. The number of halogens is 3. The Bertz CT molecular complexity index is 874. The standard InChI is InChI=1S/C16H16F3N5O/c1-2-9(8-25)21-12-6-5-11(16(17,18)19)14(22-12)13-10-4-3-7-20-15(10)24-23-13/h3-7,9,25H,2,8H2,1H3,(H,21,22)(H,20,23,24)/t9-/m1/s1. The molecule has 132 valence electrons. The first kappa shape index (κ1) is 17.2. The van der Waals surface area contributed by atoms with Gasteiger partial charge >= 0.3 is 6.18 Å². The number of aliphatic hydroxyl groups is 1. The quantitative estimate of drug-likeness (QED) is 0.657. The molecule has 1 atom stereocenters. The Labute approximate surface area is 141 Å². The van der Waals surface area contributed by atoms with Crippen molar-refractivity contribution in [3.63, 3.8) is 0 Å². The van der Waals surface area contributed by atoms with Gasteiger partial charge in [-0.3, -0.25) is 5.10 Å². The van der Waals surface area contributed by atoms with Crippen LogP contribution in [0.1, 0.15) is 18.9 Å². The lowest BCUT2D eigenvalue weighted by Gasteiger charge is -2.17. The maximum Gasteiger partial charge on any atom is 0.418 e. The van der Waals surface area contributed by atoms with Crippen LogP contribution >= 0.6 is 0 Å². The number of aromatic amines is 1. The summed E-state index contributed by atoms with van der Waals surface area (Å²) < 4.78 is 40.2. The molecule has 3 heterocycles. The molecular weight excluding hydrogens is 335 g/mol. The fourth-order valence-electron chi connectivity index (χ4n) is 2.48. The molecule has 6 nitrogen and oxygen atoms in total. The maximum atomic E-state index is 13.4. The zero-order valence-electron chi connectivity index (χ0n) is 13.3. The molecule has 0 aliphatic carbocycles. The summed E-state index contributed by atoms with van der Waals surface area (Å²) in [6.07, 6.45) is -2.46. The summed E-state index contributed by atoms with van der Waals surface area (Å²) in [5, 5.41) is 19.2. The van der Waals surface area contributed by atoms with E-state index in [4.69, 9.17) is 0 Å². The summed E-state index contributed by atoms with van der Waals surface area (Å²) in [7, 11) is 0. The van der Waals surface area contributed by atoms with E-state index in [1.807, 2.05) is 6.92 Å². The van der Waals surface area contributed by atoms with Crippen LogP contribution in [-0.4, -0.2) is 37.9 Å². The van der Waals surface area contributed by atoms with Crippen molar-refractivity contribution in [1.82, 2.24) is 20.2 Å². The lowest BCUT2D eigenvalue weighted by Crippen LogP contribution is -2.23. The summed E-state index contributed by atoms with van der Waals surface area (Å²) in [6, 6.07) is 5.18. The number of hydrogen-bond donors (Lipinski definition) is 3. The van der Waals surface area contributed by atoms with E-state index in [0.717, 1.165) is 6.07 Å². The second kappa shape index (κ2) is 6.67. The number of fused-ring (bicyclic) bond motifs is 1. The van der Waals surface area contributed by atoms with E-state index in [1.54, 1.807) is 12.1 Å². The van der Waals surface area contributed by atoms with Crippen LogP contribution in [0.15, 0.2) is 30.5 Å². The first-order valence-corrected chi connectivity index (χ1v) is 7.69. The number of nitrogens with one attached hydrogen (secondary N) is 2. The minimum Gasteiger partial charge on any atom is -0.394 e. The van der Waals surface area contributed by atoms with Crippen molar-refractivity contribution in [1.29, 1.82) is 0 Å². The van der Waals surface area contributed by atoms with Gasteiger partial charge in [-0.1, -0.05) is 6.92 Å². The van der Waals surface area contributed by atoms with E-state index in [2.05, 4.69) is 25.5 Å². The first-order valence-electron chi connectivity index (χ1n) is 7.69. The Hall–Kier alpha value is -2.68. The van der Waals surface area contributed by atoms with Crippen LogP contribution in [0, 0.1) is 0 Å². The Morgan fingerprint density at radius 3 is 2.76 bits per heavy atom. The van der Waals surface area contributed by atoms with E-state index >= 15 is 0 Å². The van der Waals surface area contributed by atoms with Crippen molar-refractivity contribution in [2.75, 3.05) is 11.9 Å². The maximum absolute atomic E-state index is 13.4. The molecule has 9 heteroatoms. The summed E-state index contributed by atoms with van der Waals surface area (Å²) >= 11 is 0. The number of nitrogens with zero attached hydrogens (tertiary/aromatic N) is 3. The predicted molar refractivity (Wildman–Crippen MR) is 86.9 cm³/mol. The monoisotopic (exact) mass is 351 g/mol. The largest absolute Gasteiger partial charge is 0.418 e. The van der Waals surface area contributed by atoms with Gasteiger partial charge in [-0.05, 0) is 30.7 Å². The molecule has 0 saturated carbocycles. The smallest absolute Gasteiger partial charge is 0.394 e. The van der Waals surface area contributed by atoms with E-state index in [1.165, 1.54) is 12.3 Å². The molecule has 0 spiro atoms. The molecule has 0 fully saturated rings. The highest BCUT2D eigenvalue weighted by molar-refractivity contribution is 5.90.